The van der Waals surface area contributed by atoms with E-state index in [0.717, 1.165) is 10.5 Å². The maximum atomic E-state index is 12.3. The average Bonchev–Trinajstić information content (AvgIpc) is 2.69. The zero-order chi connectivity index (χ0) is 19.9. The topological polar surface area (TPSA) is 71.1 Å². The standard InChI is InChI=1S/C22H21N3O2S/c1-15-6-7-16(2)20(12-15)28-14-21(26)24-18-4-3-5-19(13-18)25-22(27)17-8-10-23-11-9-17/h3-13H,14H2,1-2H3,(H,24,26)(H,25,27). The Morgan fingerprint density at radius 1 is 0.929 bits per heavy atom. The molecule has 0 radical (unpaired) electrons. The van der Waals surface area contributed by atoms with Gasteiger partial charge >= 0.3 is 0 Å². The fourth-order valence-electron chi connectivity index (χ4n) is 2.58. The Balaban J connectivity index is 1.58. The molecule has 3 rings (SSSR count). The molecule has 0 aliphatic heterocycles. The van der Waals surface area contributed by atoms with Crippen molar-refractivity contribution < 1.29 is 9.59 Å². The van der Waals surface area contributed by atoms with Crippen LogP contribution in [0, 0.1) is 13.8 Å². The van der Waals surface area contributed by atoms with E-state index < -0.39 is 0 Å². The first-order valence-corrected chi connectivity index (χ1v) is 9.81. The van der Waals surface area contributed by atoms with E-state index in [-0.39, 0.29) is 11.8 Å². The maximum absolute atomic E-state index is 12.3. The molecule has 0 aliphatic carbocycles. The van der Waals surface area contributed by atoms with Gasteiger partial charge in [-0.2, -0.15) is 0 Å². The molecule has 1 heterocycles. The molecule has 2 amide bonds. The zero-order valence-electron chi connectivity index (χ0n) is 15.7. The smallest absolute Gasteiger partial charge is 0.255 e. The van der Waals surface area contributed by atoms with Gasteiger partial charge in [-0.05, 0) is 55.8 Å². The second-order valence-electron chi connectivity index (χ2n) is 6.38. The molecule has 142 valence electrons. The molecule has 2 N–H and O–H groups in total. The van der Waals surface area contributed by atoms with Crippen LogP contribution in [0.25, 0.3) is 0 Å². The van der Waals surface area contributed by atoms with Crippen molar-refractivity contribution in [2.75, 3.05) is 16.4 Å². The van der Waals surface area contributed by atoms with E-state index in [9.17, 15) is 9.59 Å². The molecular formula is C22H21N3O2S. The first kappa shape index (κ1) is 19.6. The highest BCUT2D eigenvalue weighted by Gasteiger charge is 2.08. The van der Waals surface area contributed by atoms with Crippen LogP contribution in [-0.2, 0) is 4.79 Å². The molecule has 3 aromatic rings. The molecule has 2 aromatic carbocycles. The molecule has 0 fully saturated rings. The summed E-state index contributed by atoms with van der Waals surface area (Å²) in [7, 11) is 0. The monoisotopic (exact) mass is 391 g/mol. The summed E-state index contributed by atoms with van der Waals surface area (Å²) in [6.07, 6.45) is 3.14. The Morgan fingerprint density at radius 3 is 2.39 bits per heavy atom. The molecular weight excluding hydrogens is 370 g/mol. The summed E-state index contributed by atoms with van der Waals surface area (Å²) in [4.78, 5) is 29.6. The van der Waals surface area contributed by atoms with E-state index in [2.05, 4.69) is 33.8 Å². The summed E-state index contributed by atoms with van der Waals surface area (Å²) in [5, 5.41) is 5.70. The number of hydrogen-bond acceptors (Lipinski definition) is 4. The number of pyridine rings is 1. The van der Waals surface area contributed by atoms with Crippen molar-refractivity contribution in [3.8, 4) is 0 Å². The van der Waals surface area contributed by atoms with Crippen molar-refractivity contribution in [3.05, 3.63) is 83.7 Å². The fourth-order valence-corrected chi connectivity index (χ4v) is 3.51. The molecule has 6 heteroatoms. The van der Waals surface area contributed by atoms with Gasteiger partial charge < -0.3 is 10.6 Å². The predicted octanol–water partition coefficient (Wildman–Crippen LogP) is 4.68. The van der Waals surface area contributed by atoms with Gasteiger partial charge in [-0.3, -0.25) is 14.6 Å². The molecule has 0 spiro atoms. The van der Waals surface area contributed by atoms with Crippen LogP contribution in [0.3, 0.4) is 0 Å². The average molecular weight is 391 g/mol. The normalized spacial score (nSPS) is 10.4. The Hall–Kier alpha value is -3.12. The molecule has 0 aliphatic rings. The van der Waals surface area contributed by atoms with Crippen molar-refractivity contribution in [3.63, 3.8) is 0 Å². The quantitative estimate of drug-likeness (QED) is 0.599. The summed E-state index contributed by atoms with van der Waals surface area (Å²) in [6, 6.07) is 16.6. The first-order valence-electron chi connectivity index (χ1n) is 8.82. The van der Waals surface area contributed by atoms with Gasteiger partial charge in [0.1, 0.15) is 0 Å². The van der Waals surface area contributed by atoms with Crippen molar-refractivity contribution in [1.82, 2.24) is 4.98 Å². The van der Waals surface area contributed by atoms with Crippen LogP contribution in [0.15, 0.2) is 71.9 Å². The minimum Gasteiger partial charge on any atom is -0.325 e. The minimum atomic E-state index is -0.226. The number of aryl methyl sites for hydroxylation is 2. The summed E-state index contributed by atoms with van der Waals surface area (Å²) in [6.45, 7) is 4.07. The van der Waals surface area contributed by atoms with Gasteiger partial charge in [0.2, 0.25) is 5.91 Å². The summed E-state index contributed by atoms with van der Waals surface area (Å²) in [5.41, 5.74) is 4.10. The second kappa shape index (κ2) is 9.19. The summed E-state index contributed by atoms with van der Waals surface area (Å²) < 4.78 is 0. The largest absolute Gasteiger partial charge is 0.325 e. The molecule has 28 heavy (non-hydrogen) atoms. The number of thioether (sulfide) groups is 1. The van der Waals surface area contributed by atoms with E-state index >= 15 is 0 Å². The number of benzene rings is 2. The van der Waals surface area contributed by atoms with E-state index in [1.54, 1.807) is 48.8 Å². The van der Waals surface area contributed by atoms with Crippen LogP contribution < -0.4 is 10.6 Å². The first-order chi connectivity index (χ1) is 13.5. The molecule has 0 atom stereocenters. The molecule has 0 saturated carbocycles. The van der Waals surface area contributed by atoms with Crippen LogP contribution in [0.1, 0.15) is 21.5 Å². The lowest BCUT2D eigenvalue weighted by molar-refractivity contribution is -0.113. The number of aromatic nitrogens is 1. The third kappa shape index (κ3) is 5.44. The molecule has 0 bridgehead atoms. The Kier molecular flexibility index (Phi) is 6.45. The van der Waals surface area contributed by atoms with Crippen LogP contribution in [0.2, 0.25) is 0 Å². The Morgan fingerprint density at radius 2 is 1.64 bits per heavy atom. The molecule has 1 aromatic heterocycles. The molecule has 0 unspecified atom stereocenters. The van der Waals surface area contributed by atoms with E-state index in [0.29, 0.717) is 22.7 Å². The number of anilines is 2. The van der Waals surface area contributed by atoms with Gasteiger partial charge in [0.15, 0.2) is 0 Å². The third-order valence-corrected chi connectivity index (χ3v) is 5.21. The lowest BCUT2D eigenvalue weighted by Gasteiger charge is -2.10. The fraction of sp³-hybridized carbons (Fsp3) is 0.136. The van der Waals surface area contributed by atoms with Crippen LogP contribution in [0.5, 0.6) is 0 Å². The summed E-state index contributed by atoms with van der Waals surface area (Å²) >= 11 is 1.51. The van der Waals surface area contributed by atoms with Gasteiger partial charge in [0.05, 0.1) is 5.75 Å². The lowest BCUT2D eigenvalue weighted by Crippen LogP contribution is -2.15. The van der Waals surface area contributed by atoms with Gasteiger partial charge in [0.25, 0.3) is 5.91 Å². The highest BCUT2D eigenvalue weighted by Crippen LogP contribution is 2.24. The van der Waals surface area contributed by atoms with Crippen LogP contribution >= 0.6 is 11.8 Å². The SMILES string of the molecule is Cc1ccc(C)c(SCC(=O)Nc2cccc(NC(=O)c3ccncc3)c2)c1. The molecule has 0 saturated heterocycles. The van der Waals surface area contributed by atoms with Gasteiger partial charge in [-0.15, -0.1) is 11.8 Å². The lowest BCUT2D eigenvalue weighted by atomic mass is 10.2. The van der Waals surface area contributed by atoms with Crippen molar-refractivity contribution in [2.24, 2.45) is 0 Å². The predicted molar refractivity (Wildman–Crippen MR) is 114 cm³/mol. The second-order valence-corrected chi connectivity index (χ2v) is 7.39. The number of rotatable bonds is 6. The van der Waals surface area contributed by atoms with Crippen LogP contribution in [0.4, 0.5) is 11.4 Å². The maximum Gasteiger partial charge on any atom is 0.255 e. The van der Waals surface area contributed by atoms with E-state index in [1.165, 1.54) is 17.3 Å². The highest BCUT2D eigenvalue weighted by atomic mass is 32.2. The third-order valence-electron chi connectivity index (χ3n) is 4.05. The number of nitrogens with zero attached hydrogens (tertiary/aromatic N) is 1. The number of hydrogen-bond donors (Lipinski definition) is 2. The van der Waals surface area contributed by atoms with Gasteiger partial charge in [-0.25, -0.2) is 0 Å². The van der Waals surface area contributed by atoms with Crippen LogP contribution in [-0.4, -0.2) is 22.6 Å². The van der Waals surface area contributed by atoms with Crippen molar-refractivity contribution in [1.29, 1.82) is 0 Å². The highest BCUT2D eigenvalue weighted by molar-refractivity contribution is 8.00. The molecule has 5 nitrogen and oxygen atoms in total. The Labute approximate surface area is 168 Å². The van der Waals surface area contributed by atoms with Gasteiger partial charge in [0, 0.05) is 34.2 Å². The van der Waals surface area contributed by atoms with Crippen molar-refractivity contribution >= 4 is 35.0 Å². The number of nitrogens with one attached hydrogen (secondary N) is 2. The van der Waals surface area contributed by atoms with Gasteiger partial charge in [-0.1, -0.05) is 23.8 Å². The van der Waals surface area contributed by atoms with E-state index in [1.807, 2.05) is 13.8 Å². The van der Waals surface area contributed by atoms with Crippen molar-refractivity contribution in [2.45, 2.75) is 18.7 Å². The summed E-state index contributed by atoms with van der Waals surface area (Å²) in [5.74, 6) is -0.00221. The zero-order valence-corrected chi connectivity index (χ0v) is 16.5. The number of carbonyl (C=O) groups excluding carboxylic acids is 2. The number of amides is 2. The Bertz CT molecular complexity index is 990. The number of carbonyl (C=O) groups is 2. The van der Waals surface area contributed by atoms with E-state index in [4.69, 9.17) is 0 Å². The minimum absolute atomic E-state index is 0.0940.